The van der Waals surface area contributed by atoms with Crippen molar-refractivity contribution in [3.63, 3.8) is 0 Å². The van der Waals surface area contributed by atoms with Gasteiger partial charge in [0.05, 0.1) is 20.8 Å². The third-order valence-electron chi connectivity index (χ3n) is 8.58. The molecule has 2 aliphatic carbocycles. The molecule has 4 aromatic rings. The minimum Gasteiger partial charge on any atom is -0.453 e. The summed E-state index contributed by atoms with van der Waals surface area (Å²) >= 11 is 1.48. The molecule has 0 spiro atoms. The maximum atomic E-state index is 15.0. The topological polar surface area (TPSA) is 109 Å². The summed E-state index contributed by atoms with van der Waals surface area (Å²) < 4.78 is 27.3. The highest BCUT2D eigenvalue weighted by Crippen LogP contribution is 2.62. The normalized spacial score (nSPS) is 22.2. The second-order valence-electron chi connectivity index (χ2n) is 13.4. The van der Waals surface area contributed by atoms with E-state index in [0.29, 0.717) is 29.8 Å². The number of hydrogen-bond donors (Lipinski definition) is 2. The SMILES string of the molecule is C[C@@H]1CN(Cc2ccc(-c3cc4nccc(Oc5ccc(NC(=O)NC6C7CC76)cc5F)c4s3)nc2)CCN1C(=O)OC(C)(C)C. The summed E-state index contributed by atoms with van der Waals surface area (Å²) in [5, 5.41) is 5.61. The van der Waals surface area contributed by atoms with Gasteiger partial charge in [0.15, 0.2) is 11.6 Å². The molecule has 2 unspecified atom stereocenters. The first kappa shape index (κ1) is 30.4. The van der Waals surface area contributed by atoms with Crippen LogP contribution >= 0.6 is 11.3 Å². The lowest BCUT2D eigenvalue weighted by atomic mass is 10.1. The first-order valence-corrected chi connectivity index (χ1v) is 16.4. The second-order valence-corrected chi connectivity index (χ2v) is 14.4. The van der Waals surface area contributed by atoms with Crippen LogP contribution in [-0.2, 0) is 11.3 Å². The van der Waals surface area contributed by atoms with Gasteiger partial charge in [-0.25, -0.2) is 14.0 Å². The van der Waals surface area contributed by atoms with Gasteiger partial charge in [-0.05, 0) is 75.8 Å². The number of halogens is 1. The first-order chi connectivity index (χ1) is 22.0. The van der Waals surface area contributed by atoms with Crippen LogP contribution in [-0.4, -0.2) is 69.2 Å². The van der Waals surface area contributed by atoms with Crippen molar-refractivity contribution in [1.29, 1.82) is 0 Å². The fourth-order valence-corrected chi connectivity index (χ4v) is 6.94. The largest absolute Gasteiger partial charge is 0.453 e. The van der Waals surface area contributed by atoms with E-state index in [9.17, 15) is 14.0 Å². The third-order valence-corrected chi connectivity index (χ3v) is 9.74. The number of thiophene rings is 1. The average Bonchev–Trinajstić information content (AvgIpc) is 3.88. The van der Waals surface area contributed by atoms with E-state index in [-0.39, 0.29) is 30.0 Å². The van der Waals surface area contributed by atoms with Crippen LogP contribution in [0.3, 0.4) is 0 Å². The first-order valence-electron chi connectivity index (χ1n) is 15.6. The van der Waals surface area contributed by atoms with Gasteiger partial charge in [-0.3, -0.25) is 14.9 Å². The number of aromatic nitrogens is 2. The number of ether oxygens (including phenoxy) is 2. The Balaban J connectivity index is 0.978. The highest BCUT2D eigenvalue weighted by molar-refractivity contribution is 7.22. The van der Waals surface area contributed by atoms with Gasteiger partial charge in [-0.15, -0.1) is 11.3 Å². The molecule has 4 heterocycles. The number of benzene rings is 1. The van der Waals surface area contributed by atoms with Crippen molar-refractivity contribution in [3.05, 3.63) is 66.2 Å². The molecule has 10 nitrogen and oxygen atoms in total. The summed E-state index contributed by atoms with van der Waals surface area (Å²) in [5.74, 6) is 1.24. The summed E-state index contributed by atoms with van der Waals surface area (Å²) in [6, 6.07) is 12.1. The summed E-state index contributed by atoms with van der Waals surface area (Å²) in [5.41, 5.74) is 2.47. The second kappa shape index (κ2) is 11.8. The Kier molecular flexibility index (Phi) is 7.80. The molecule has 3 amide bonds. The Hall–Kier alpha value is -4.29. The van der Waals surface area contributed by atoms with E-state index in [1.54, 1.807) is 23.2 Å². The van der Waals surface area contributed by atoms with Gasteiger partial charge in [0.1, 0.15) is 11.4 Å². The number of hydrogen-bond acceptors (Lipinski definition) is 8. The molecule has 1 aliphatic heterocycles. The third kappa shape index (κ3) is 6.63. The van der Waals surface area contributed by atoms with Gasteiger partial charge >= 0.3 is 12.1 Å². The predicted molar refractivity (Wildman–Crippen MR) is 175 cm³/mol. The van der Waals surface area contributed by atoms with Gasteiger partial charge < -0.3 is 25.0 Å². The number of fused-ring (bicyclic) bond motifs is 2. The van der Waals surface area contributed by atoms with E-state index in [1.807, 2.05) is 46.0 Å². The fourth-order valence-electron chi connectivity index (χ4n) is 5.90. The number of nitrogens with one attached hydrogen (secondary N) is 2. The van der Waals surface area contributed by atoms with Crippen molar-refractivity contribution in [2.45, 2.75) is 58.3 Å². The van der Waals surface area contributed by atoms with E-state index < -0.39 is 11.4 Å². The Bertz CT molecular complexity index is 1780. The zero-order valence-electron chi connectivity index (χ0n) is 26.2. The van der Waals surface area contributed by atoms with Gasteiger partial charge in [-0.2, -0.15) is 0 Å². The van der Waals surface area contributed by atoms with Crippen LogP contribution in [0.5, 0.6) is 11.5 Å². The highest BCUT2D eigenvalue weighted by Gasteiger charge is 2.65. The van der Waals surface area contributed by atoms with Crippen LogP contribution in [0.15, 0.2) is 54.9 Å². The molecule has 3 atom stereocenters. The minimum absolute atomic E-state index is 0.0465. The van der Waals surface area contributed by atoms with Crippen molar-refractivity contribution in [2.75, 3.05) is 25.0 Å². The molecule has 2 N–H and O–H groups in total. The summed E-state index contributed by atoms with van der Waals surface area (Å²) in [6.07, 6.45) is 4.45. The van der Waals surface area contributed by atoms with E-state index >= 15 is 0 Å². The van der Waals surface area contributed by atoms with Crippen LogP contribution in [0.25, 0.3) is 20.8 Å². The number of amides is 3. The van der Waals surface area contributed by atoms with Crippen molar-refractivity contribution < 1.29 is 23.5 Å². The molecular formula is C34H37FN6O4S. The van der Waals surface area contributed by atoms with Crippen LogP contribution < -0.4 is 15.4 Å². The Morgan fingerprint density at radius 1 is 1.07 bits per heavy atom. The number of piperazine rings is 1. The number of pyridine rings is 2. The quantitative estimate of drug-likeness (QED) is 0.226. The van der Waals surface area contributed by atoms with Crippen molar-refractivity contribution in [3.8, 4) is 22.1 Å². The zero-order valence-corrected chi connectivity index (χ0v) is 27.1. The molecule has 3 fully saturated rings. The van der Waals surface area contributed by atoms with Gasteiger partial charge in [0.25, 0.3) is 0 Å². The molecule has 7 rings (SSSR count). The predicted octanol–water partition coefficient (Wildman–Crippen LogP) is 6.87. The van der Waals surface area contributed by atoms with Crippen LogP contribution in [0.4, 0.5) is 19.7 Å². The number of carbonyl (C=O) groups is 2. The number of anilines is 1. The molecule has 240 valence electrons. The Labute approximate surface area is 270 Å². The number of urea groups is 1. The molecular weight excluding hydrogens is 607 g/mol. The summed E-state index contributed by atoms with van der Waals surface area (Å²) in [7, 11) is 0. The fraction of sp³-hybridized carbons (Fsp3) is 0.412. The maximum absolute atomic E-state index is 15.0. The van der Waals surface area contributed by atoms with Gasteiger partial charge in [0, 0.05) is 68.5 Å². The van der Waals surface area contributed by atoms with E-state index in [1.165, 1.54) is 29.9 Å². The molecule has 0 bridgehead atoms. The molecule has 0 radical (unpaired) electrons. The average molecular weight is 645 g/mol. The Morgan fingerprint density at radius 3 is 2.57 bits per heavy atom. The maximum Gasteiger partial charge on any atom is 0.410 e. The zero-order chi connectivity index (χ0) is 32.2. The van der Waals surface area contributed by atoms with E-state index in [4.69, 9.17) is 14.5 Å². The molecule has 3 aromatic heterocycles. The summed E-state index contributed by atoms with van der Waals surface area (Å²) in [4.78, 5) is 39.0. The smallest absolute Gasteiger partial charge is 0.410 e. The lowest BCUT2D eigenvalue weighted by Crippen LogP contribution is -2.54. The molecule has 12 heteroatoms. The number of carbonyl (C=O) groups excluding carboxylic acids is 2. The lowest BCUT2D eigenvalue weighted by Gasteiger charge is -2.40. The van der Waals surface area contributed by atoms with Gasteiger partial charge in [-0.1, -0.05) is 6.07 Å². The number of nitrogens with zero attached hydrogens (tertiary/aromatic N) is 4. The highest BCUT2D eigenvalue weighted by atomic mass is 32.1. The monoisotopic (exact) mass is 644 g/mol. The van der Waals surface area contributed by atoms with Crippen molar-refractivity contribution in [2.24, 2.45) is 11.8 Å². The van der Waals surface area contributed by atoms with E-state index in [0.717, 1.165) is 46.0 Å². The van der Waals surface area contributed by atoms with Crippen molar-refractivity contribution in [1.82, 2.24) is 25.1 Å². The molecule has 3 aliphatic rings. The van der Waals surface area contributed by atoms with Gasteiger partial charge in [0.2, 0.25) is 0 Å². The van der Waals surface area contributed by atoms with Crippen LogP contribution in [0.1, 0.15) is 39.7 Å². The molecule has 1 aromatic carbocycles. The molecule has 2 saturated carbocycles. The standard InChI is InChI=1S/C34H37FN6O4S/c1-19-17-40(11-12-41(19)33(43)45-34(2,3)4)18-20-5-7-25(37-16-20)29-15-26-31(46-29)28(9-10-36-26)44-27-8-6-21(13-24(27)35)38-32(42)39-30-22-14-23(22)30/h5-10,13,15-16,19,22-23,30H,11-12,14,17-18H2,1-4H3,(H2,38,39,42)/t19-,22?,23?,30?/m1/s1. The van der Waals surface area contributed by atoms with Crippen molar-refractivity contribution >= 4 is 39.4 Å². The minimum atomic E-state index is -0.577. The van der Waals surface area contributed by atoms with E-state index in [2.05, 4.69) is 26.6 Å². The molecule has 46 heavy (non-hydrogen) atoms. The summed E-state index contributed by atoms with van der Waals surface area (Å²) in [6.45, 7) is 10.5. The van der Waals surface area contributed by atoms with Crippen LogP contribution in [0.2, 0.25) is 0 Å². The molecule has 1 saturated heterocycles. The number of rotatable bonds is 7. The lowest BCUT2D eigenvalue weighted by molar-refractivity contribution is 0.000543. The Morgan fingerprint density at radius 2 is 1.89 bits per heavy atom. The van der Waals surface area contributed by atoms with Crippen LogP contribution in [0, 0.1) is 17.7 Å².